The zero-order valence-corrected chi connectivity index (χ0v) is 16.6. The van der Waals surface area contributed by atoms with Crippen LogP contribution in [0.2, 0.25) is 0 Å². The van der Waals surface area contributed by atoms with Crippen molar-refractivity contribution in [1.82, 2.24) is 29.6 Å². The highest BCUT2D eigenvalue weighted by atomic mass is 32.1. The average molecular weight is 408 g/mol. The number of rotatable bonds is 5. The number of carbonyl (C=O) groups is 1. The molecule has 8 nitrogen and oxygen atoms in total. The summed E-state index contributed by atoms with van der Waals surface area (Å²) in [5, 5.41) is 16.6. The Labute approximate surface area is 171 Å². The SMILES string of the molecule is O=C(CCc1nc(-c2ccsc2)no1)N1CCCC(c2nnc3ccccn23)C1. The first kappa shape index (κ1) is 18.0. The van der Waals surface area contributed by atoms with E-state index in [0.29, 0.717) is 31.1 Å². The summed E-state index contributed by atoms with van der Waals surface area (Å²) in [7, 11) is 0. The quantitative estimate of drug-likeness (QED) is 0.504. The highest BCUT2D eigenvalue weighted by Gasteiger charge is 2.28. The third-order valence-corrected chi connectivity index (χ3v) is 5.96. The topological polar surface area (TPSA) is 89.4 Å². The smallest absolute Gasteiger partial charge is 0.227 e. The van der Waals surface area contributed by atoms with Crippen LogP contribution in [-0.4, -0.2) is 48.6 Å². The standard InChI is InChI=1S/C20H20N6O2S/c27-18(7-6-17-21-19(24-28-17)15-8-11-29-13-15)25-9-3-4-14(12-25)20-23-22-16-5-1-2-10-26(16)20/h1-2,5,8,10-11,13-14H,3-4,6-7,9,12H2. The lowest BCUT2D eigenvalue weighted by Crippen LogP contribution is -2.39. The van der Waals surface area contributed by atoms with E-state index in [2.05, 4.69) is 20.3 Å². The Morgan fingerprint density at radius 2 is 2.24 bits per heavy atom. The molecule has 29 heavy (non-hydrogen) atoms. The van der Waals surface area contributed by atoms with Gasteiger partial charge in [0.1, 0.15) is 5.82 Å². The van der Waals surface area contributed by atoms with Crippen LogP contribution in [-0.2, 0) is 11.2 Å². The second-order valence-electron chi connectivity index (χ2n) is 7.19. The minimum Gasteiger partial charge on any atom is -0.342 e. The first-order valence-electron chi connectivity index (χ1n) is 9.70. The van der Waals surface area contributed by atoms with E-state index >= 15 is 0 Å². The van der Waals surface area contributed by atoms with Gasteiger partial charge in [-0.1, -0.05) is 11.2 Å². The molecule has 0 spiro atoms. The number of aromatic nitrogens is 5. The van der Waals surface area contributed by atoms with Crippen LogP contribution in [0.4, 0.5) is 0 Å². The van der Waals surface area contributed by atoms with Crippen molar-refractivity contribution in [3.8, 4) is 11.4 Å². The molecule has 0 N–H and O–H groups in total. The summed E-state index contributed by atoms with van der Waals surface area (Å²) in [6, 6.07) is 7.82. The molecule has 0 aliphatic carbocycles. The molecule has 0 radical (unpaired) electrons. The van der Waals surface area contributed by atoms with E-state index in [-0.39, 0.29) is 11.8 Å². The summed E-state index contributed by atoms with van der Waals surface area (Å²) in [6.07, 6.45) is 4.75. The van der Waals surface area contributed by atoms with Gasteiger partial charge >= 0.3 is 0 Å². The van der Waals surface area contributed by atoms with Crippen molar-refractivity contribution < 1.29 is 9.32 Å². The number of amides is 1. The molecule has 0 bridgehead atoms. The van der Waals surface area contributed by atoms with Gasteiger partial charge in [-0.15, -0.1) is 10.2 Å². The molecule has 9 heteroatoms. The summed E-state index contributed by atoms with van der Waals surface area (Å²) in [5.41, 5.74) is 1.78. The number of thiophene rings is 1. The number of aryl methyl sites for hydroxylation is 1. The summed E-state index contributed by atoms with van der Waals surface area (Å²) >= 11 is 1.59. The molecule has 0 aromatic carbocycles. The fourth-order valence-corrected chi connectivity index (χ4v) is 4.42. The molecule has 0 saturated carbocycles. The number of hydrogen-bond donors (Lipinski definition) is 0. The molecule has 1 aliphatic heterocycles. The van der Waals surface area contributed by atoms with E-state index in [1.807, 2.05) is 50.5 Å². The first-order valence-corrected chi connectivity index (χ1v) is 10.6. The fraction of sp³-hybridized carbons (Fsp3) is 0.350. The molecule has 1 atom stereocenters. The van der Waals surface area contributed by atoms with E-state index in [4.69, 9.17) is 4.52 Å². The lowest BCUT2D eigenvalue weighted by Gasteiger charge is -2.32. The van der Waals surface area contributed by atoms with Crippen LogP contribution in [0.1, 0.15) is 36.9 Å². The van der Waals surface area contributed by atoms with Crippen molar-refractivity contribution >= 4 is 22.9 Å². The van der Waals surface area contributed by atoms with Crippen molar-refractivity contribution in [2.75, 3.05) is 13.1 Å². The van der Waals surface area contributed by atoms with Gasteiger partial charge in [-0.3, -0.25) is 9.20 Å². The zero-order valence-electron chi connectivity index (χ0n) is 15.8. The van der Waals surface area contributed by atoms with Crippen LogP contribution in [0.15, 0.2) is 45.7 Å². The van der Waals surface area contributed by atoms with Crippen molar-refractivity contribution in [3.63, 3.8) is 0 Å². The highest BCUT2D eigenvalue weighted by Crippen LogP contribution is 2.26. The minimum absolute atomic E-state index is 0.110. The van der Waals surface area contributed by atoms with E-state index in [1.165, 1.54) is 0 Å². The third-order valence-electron chi connectivity index (χ3n) is 5.28. The van der Waals surface area contributed by atoms with Crippen LogP contribution in [0.3, 0.4) is 0 Å². The summed E-state index contributed by atoms with van der Waals surface area (Å²) < 4.78 is 7.32. The molecule has 1 saturated heterocycles. The van der Waals surface area contributed by atoms with Crippen molar-refractivity contribution in [2.24, 2.45) is 0 Å². The van der Waals surface area contributed by atoms with Crippen LogP contribution in [0.5, 0.6) is 0 Å². The monoisotopic (exact) mass is 408 g/mol. The number of likely N-dealkylation sites (tertiary alicyclic amines) is 1. The Morgan fingerprint density at radius 1 is 1.28 bits per heavy atom. The molecule has 1 fully saturated rings. The number of nitrogens with zero attached hydrogens (tertiary/aromatic N) is 6. The van der Waals surface area contributed by atoms with Crippen LogP contribution < -0.4 is 0 Å². The molecule has 1 amide bonds. The van der Waals surface area contributed by atoms with Gasteiger partial charge in [-0.25, -0.2) is 0 Å². The lowest BCUT2D eigenvalue weighted by atomic mass is 9.97. The Morgan fingerprint density at radius 3 is 3.14 bits per heavy atom. The predicted octanol–water partition coefficient (Wildman–Crippen LogP) is 3.18. The van der Waals surface area contributed by atoms with E-state index < -0.39 is 0 Å². The molecule has 5 rings (SSSR count). The molecule has 1 aliphatic rings. The fourth-order valence-electron chi connectivity index (χ4n) is 3.79. The van der Waals surface area contributed by atoms with Crippen molar-refractivity contribution in [1.29, 1.82) is 0 Å². The molecular formula is C20H20N6O2S. The minimum atomic E-state index is 0.110. The maximum Gasteiger partial charge on any atom is 0.227 e. The molecule has 5 heterocycles. The number of pyridine rings is 1. The largest absolute Gasteiger partial charge is 0.342 e. The summed E-state index contributed by atoms with van der Waals surface area (Å²) in [4.78, 5) is 19.1. The van der Waals surface area contributed by atoms with E-state index in [9.17, 15) is 4.79 Å². The number of fused-ring (bicyclic) bond motifs is 1. The Balaban J connectivity index is 1.22. The zero-order chi connectivity index (χ0) is 19.6. The van der Waals surface area contributed by atoms with Crippen LogP contribution in [0.25, 0.3) is 17.0 Å². The average Bonchev–Trinajstić information content (AvgIpc) is 3.52. The Hall–Kier alpha value is -3.07. The molecule has 1 unspecified atom stereocenters. The normalized spacial score (nSPS) is 17.1. The van der Waals surface area contributed by atoms with Crippen molar-refractivity contribution in [3.05, 3.63) is 52.9 Å². The van der Waals surface area contributed by atoms with Gasteiger partial charge in [0.15, 0.2) is 5.65 Å². The van der Waals surface area contributed by atoms with Gasteiger partial charge in [-0.2, -0.15) is 16.3 Å². The van der Waals surface area contributed by atoms with Gasteiger partial charge < -0.3 is 9.42 Å². The maximum absolute atomic E-state index is 12.8. The lowest BCUT2D eigenvalue weighted by molar-refractivity contribution is -0.132. The highest BCUT2D eigenvalue weighted by molar-refractivity contribution is 7.08. The van der Waals surface area contributed by atoms with Gasteiger partial charge in [0, 0.05) is 49.0 Å². The van der Waals surface area contributed by atoms with Crippen LogP contribution in [0, 0.1) is 0 Å². The predicted molar refractivity (Wildman–Crippen MR) is 107 cm³/mol. The van der Waals surface area contributed by atoms with Gasteiger partial charge in [-0.05, 0) is 36.4 Å². The van der Waals surface area contributed by atoms with Crippen LogP contribution >= 0.6 is 11.3 Å². The third kappa shape index (κ3) is 3.65. The summed E-state index contributed by atoms with van der Waals surface area (Å²) in [5.74, 6) is 2.30. The second kappa shape index (κ2) is 7.75. The number of hydrogen-bond acceptors (Lipinski definition) is 7. The van der Waals surface area contributed by atoms with Crippen molar-refractivity contribution in [2.45, 2.75) is 31.6 Å². The van der Waals surface area contributed by atoms with Gasteiger partial charge in [0.25, 0.3) is 0 Å². The Bertz CT molecular complexity index is 1120. The number of carbonyl (C=O) groups excluding carboxylic acids is 1. The molecular weight excluding hydrogens is 388 g/mol. The molecule has 4 aromatic heterocycles. The molecule has 4 aromatic rings. The first-order chi connectivity index (χ1) is 14.3. The number of piperidine rings is 1. The maximum atomic E-state index is 12.8. The van der Waals surface area contributed by atoms with Gasteiger partial charge in [0.2, 0.25) is 17.6 Å². The van der Waals surface area contributed by atoms with Gasteiger partial charge in [0.05, 0.1) is 0 Å². The molecule has 148 valence electrons. The second-order valence-corrected chi connectivity index (χ2v) is 7.97. The summed E-state index contributed by atoms with van der Waals surface area (Å²) in [6.45, 7) is 1.44. The van der Waals surface area contributed by atoms with E-state index in [0.717, 1.165) is 36.4 Å². The van der Waals surface area contributed by atoms with E-state index in [1.54, 1.807) is 11.3 Å². The Kier molecular flexibility index (Phi) is 4.81.